The van der Waals surface area contributed by atoms with Crippen molar-refractivity contribution >= 4 is 28.2 Å². The summed E-state index contributed by atoms with van der Waals surface area (Å²) in [4.78, 5) is 8.25. The third kappa shape index (κ3) is 3.04. The maximum atomic E-state index is 10.0. The predicted octanol–water partition coefficient (Wildman–Crippen LogP) is 5.72. The molecule has 1 aliphatic rings. The molecular weight excluding hydrogens is 398 g/mol. The first-order valence-corrected chi connectivity index (χ1v) is 10.1. The van der Waals surface area contributed by atoms with Crippen LogP contribution in [0.3, 0.4) is 0 Å². The number of rotatable bonds is 4. The van der Waals surface area contributed by atoms with Crippen LogP contribution in [0.4, 0.5) is 5.69 Å². The minimum atomic E-state index is 0.282. The number of halogens is 1. The Bertz CT molecular complexity index is 1290. The Morgan fingerprint density at radius 2 is 1.93 bits per heavy atom. The summed E-state index contributed by atoms with van der Waals surface area (Å²) in [6.45, 7) is 0. The van der Waals surface area contributed by atoms with E-state index in [0.717, 1.165) is 35.0 Å². The van der Waals surface area contributed by atoms with Crippen molar-refractivity contribution in [2.45, 2.75) is 25.3 Å². The van der Waals surface area contributed by atoms with Crippen LogP contribution in [-0.2, 0) is 0 Å². The lowest BCUT2D eigenvalue weighted by molar-refractivity contribution is 0.324. The zero-order chi connectivity index (χ0) is 20.7. The summed E-state index contributed by atoms with van der Waals surface area (Å²) < 4.78 is 8.09. The molecule has 148 valence electrons. The first kappa shape index (κ1) is 18.5. The molecule has 30 heavy (non-hydrogen) atoms. The van der Waals surface area contributed by atoms with Crippen molar-refractivity contribution in [1.82, 2.24) is 14.5 Å². The molecule has 0 radical (unpaired) electrons. The van der Waals surface area contributed by atoms with E-state index in [-0.39, 0.29) is 6.01 Å². The maximum Gasteiger partial charge on any atom is 0.321 e. The minimum Gasteiger partial charge on any atom is -0.424 e. The number of fused-ring (bicyclic) bond motifs is 1. The number of anilines is 1. The Balaban J connectivity index is 1.72. The molecule has 2 heterocycles. The molecule has 0 atom stereocenters. The number of aromatic nitrogens is 3. The molecule has 1 saturated carbocycles. The van der Waals surface area contributed by atoms with E-state index >= 15 is 0 Å². The van der Waals surface area contributed by atoms with Gasteiger partial charge in [-0.25, -0.2) is 9.97 Å². The Morgan fingerprint density at radius 1 is 1.13 bits per heavy atom. The van der Waals surface area contributed by atoms with Crippen LogP contribution in [0.1, 0.15) is 30.9 Å². The van der Waals surface area contributed by atoms with Gasteiger partial charge in [0.25, 0.3) is 0 Å². The monoisotopic (exact) mass is 415 g/mol. The first-order valence-electron chi connectivity index (χ1n) is 9.74. The number of nitrogens with two attached hydrogens (primary N) is 1. The normalized spacial score (nSPS) is 13.7. The van der Waals surface area contributed by atoms with Gasteiger partial charge in [-0.3, -0.25) is 0 Å². The van der Waals surface area contributed by atoms with Gasteiger partial charge in [-0.05, 0) is 49.6 Å². The van der Waals surface area contributed by atoms with Crippen LogP contribution in [0.2, 0.25) is 5.02 Å². The maximum absolute atomic E-state index is 10.0. The Hall–Kier alpha value is -3.56. The van der Waals surface area contributed by atoms with E-state index in [4.69, 9.17) is 22.1 Å². The van der Waals surface area contributed by atoms with E-state index in [9.17, 15) is 5.26 Å². The quantitative estimate of drug-likeness (QED) is 0.430. The second-order valence-electron chi connectivity index (χ2n) is 7.34. The summed E-state index contributed by atoms with van der Waals surface area (Å²) >= 11 is 6.30. The van der Waals surface area contributed by atoms with Crippen LogP contribution in [-0.4, -0.2) is 14.5 Å². The van der Waals surface area contributed by atoms with Gasteiger partial charge in [0.05, 0.1) is 27.5 Å². The third-order valence-electron chi connectivity index (χ3n) is 5.55. The van der Waals surface area contributed by atoms with E-state index in [0.29, 0.717) is 28.1 Å². The standard InChI is InChI=1S/C23H18ClN5O/c24-19-11-14(5-8-20(19)26)22-18(13-25)17-7-6-16(30-23-27-9-2-10-28-23)12-21(17)29(22)15-3-1-4-15/h2,5-12,15H,1,3-4,26H2. The van der Waals surface area contributed by atoms with Gasteiger partial charge >= 0.3 is 6.01 Å². The van der Waals surface area contributed by atoms with Gasteiger partial charge in [0.1, 0.15) is 11.8 Å². The third-order valence-corrected chi connectivity index (χ3v) is 5.88. The number of nitrogen functional groups attached to an aromatic ring is 1. The first-order chi connectivity index (χ1) is 14.7. The lowest BCUT2D eigenvalue weighted by Crippen LogP contribution is -2.17. The van der Waals surface area contributed by atoms with Crippen molar-refractivity contribution in [1.29, 1.82) is 5.26 Å². The van der Waals surface area contributed by atoms with Crippen LogP contribution in [0.25, 0.3) is 22.2 Å². The second kappa shape index (κ2) is 7.36. The molecule has 5 rings (SSSR count). The molecule has 0 aliphatic heterocycles. The van der Waals surface area contributed by atoms with Crippen LogP contribution in [0.15, 0.2) is 54.9 Å². The highest BCUT2D eigenvalue weighted by Crippen LogP contribution is 2.44. The van der Waals surface area contributed by atoms with Crippen LogP contribution >= 0.6 is 11.6 Å². The molecule has 2 aromatic carbocycles. The smallest absolute Gasteiger partial charge is 0.321 e. The summed E-state index contributed by atoms with van der Waals surface area (Å²) in [7, 11) is 0. The van der Waals surface area contributed by atoms with Crippen molar-refractivity contribution < 1.29 is 4.74 Å². The lowest BCUT2D eigenvalue weighted by Gasteiger charge is -2.30. The summed E-state index contributed by atoms with van der Waals surface area (Å²) in [5.74, 6) is 0.623. The van der Waals surface area contributed by atoms with Gasteiger partial charge < -0.3 is 15.0 Å². The van der Waals surface area contributed by atoms with Gasteiger partial charge in [0.2, 0.25) is 0 Å². The Kier molecular flexibility index (Phi) is 4.53. The molecule has 1 fully saturated rings. The molecule has 0 unspecified atom stereocenters. The van der Waals surface area contributed by atoms with Crippen LogP contribution in [0.5, 0.6) is 11.8 Å². The molecule has 6 nitrogen and oxygen atoms in total. The van der Waals surface area contributed by atoms with Crippen molar-refractivity contribution in [2.24, 2.45) is 0 Å². The zero-order valence-electron chi connectivity index (χ0n) is 16.0. The summed E-state index contributed by atoms with van der Waals surface area (Å²) in [5, 5.41) is 11.4. The number of ether oxygens (including phenoxy) is 1. The van der Waals surface area contributed by atoms with E-state index in [1.165, 1.54) is 6.42 Å². The Labute approximate surface area is 178 Å². The molecule has 0 spiro atoms. The van der Waals surface area contributed by atoms with Gasteiger partial charge in [-0.15, -0.1) is 0 Å². The highest BCUT2D eigenvalue weighted by atomic mass is 35.5. The molecule has 0 bridgehead atoms. The van der Waals surface area contributed by atoms with E-state index in [1.807, 2.05) is 30.3 Å². The van der Waals surface area contributed by atoms with E-state index in [1.54, 1.807) is 24.5 Å². The summed E-state index contributed by atoms with van der Waals surface area (Å²) in [6, 6.07) is 16.0. The molecule has 4 aromatic rings. The second-order valence-corrected chi connectivity index (χ2v) is 7.75. The molecule has 0 saturated heterocycles. The minimum absolute atomic E-state index is 0.282. The Morgan fingerprint density at radius 3 is 2.60 bits per heavy atom. The average Bonchev–Trinajstić information content (AvgIpc) is 3.03. The lowest BCUT2D eigenvalue weighted by atomic mass is 9.92. The van der Waals surface area contributed by atoms with E-state index in [2.05, 4.69) is 20.6 Å². The van der Waals surface area contributed by atoms with Crippen LogP contribution < -0.4 is 10.5 Å². The van der Waals surface area contributed by atoms with Gasteiger partial charge in [-0.2, -0.15) is 5.26 Å². The molecule has 7 heteroatoms. The fourth-order valence-corrected chi connectivity index (χ4v) is 4.07. The van der Waals surface area contributed by atoms with Crippen molar-refractivity contribution in [3.05, 3.63) is 65.4 Å². The SMILES string of the molecule is N#Cc1c(-c2ccc(N)c(Cl)c2)n(C2CCC2)c2cc(Oc3ncccn3)ccc12. The van der Waals surface area contributed by atoms with Gasteiger partial charge in [0, 0.05) is 35.5 Å². The largest absolute Gasteiger partial charge is 0.424 e. The number of hydrogen-bond acceptors (Lipinski definition) is 5. The highest BCUT2D eigenvalue weighted by molar-refractivity contribution is 6.33. The molecule has 1 aliphatic carbocycles. The predicted molar refractivity (Wildman–Crippen MR) is 117 cm³/mol. The van der Waals surface area contributed by atoms with Crippen LogP contribution in [0, 0.1) is 11.3 Å². The zero-order valence-corrected chi connectivity index (χ0v) is 16.8. The summed E-state index contributed by atoms with van der Waals surface area (Å²) in [6.07, 6.45) is 6.57. The van der Waals surface area contributed by atoms with Crippen molar-refractivity contribution in [2.75, 3.05) is 5.73 Å². The topological polar surface area (TPSA) is 89.8 Å². The molecule has 0 amide bonds. The molecule has 2 aromatic heterocycles. The van der Waals surface area contributed by atoms with Crippen molar-refractivity contribution in [3.8, 4) is 29.1 Å². The van der Waals surface area contributed by atoms with E-state index < -0.39 is 0 Å². The number of hydrogen-bond donors (Lipinski definition) is 1. The van der Waals surface area contributed by atoms with Crippen molar-refractivity contribution in [3.63, 3.8) is 0 Å². The fourth-order valence-electron chi connectivity index (χ4n) is 3.89. The average molecular weight is 416 g/mol. The highest BCUT2D eigenvalue weighted by Gasteiger charge is 2.28. The number of nitrogens with zero attached hydrogens (tertiary/aromatic N) is 4. The van der Waals surface area contributed by atoms with Gasteiger partial charge in [0.15, 0.2) is 0 Å². The van der Waals surface area contributed by atoms with Gasteiger partial charge in [-0.1, -0.05) is 17.7 Å². The molecular formula is C23H18ClN5O. The number of benzene rings is 2. The fraction of sp³-hybridized carbons (Fsp3) is 0.174. The number of nitriles is 1. The molecule has 2 N–H and O–H groups in total. The summed E-state index contributed by atoms with van der Waals surface area (Å²) in [5.41, 5.74) is 9.75.